The zero-order chi connectivity index (χ0) is 13.8. The topological polar surface area (TPSA) is 89.3 Å². The number of hydrogen-bond donors (Lipinski definition) is 2. The fourth-order valence-electron chi connectivity index (χ4n) is 1.28. The molecule has 3 N–H and O–H groups in total. The zero-order valence-corrected chi connectivity index (χ0v) is 11.5. The number of nitrogens with two attached hydrogens (primary N) is 1. The molecule has 0 amide bonds. The smallest absolute Gasteiger partial charge is 0.240 e. The molecule has 102 valence electrons. The standard InChI is InChI=1S/C10H15FN2O3S2/c1-17(14)5-4-13-18(15,16)9-2-3-10(11)8(6-9)7-12/h2-3,6,13H,4-5,7,12H2,1H3. The van der Waals surface area contributed by atoms with Crippen LogP contribution >= 0.6 is 0 Å². The Labute approximate surface area is 108 Å². The normalized spacial score (nSPS) is 13.5. The number of halogens is 1. The van der Waals surface area contributed by atoms with Crippen LogP contribution in [0.3, 0.4) is 0 Å². The van der Waals surface area contributed by atoms with E-state index in [1.54, 1.807) is 0 Å². The summed E-state index contributed by atoms with van der Waals surface area (Å²) in [5, 5.41) is 0. The summed E-state index contributed by atoms with van der Waals surface area (Å²) in [6.07, 6.45) is 1.48. The van der Waals surface area contributed by atoms with Crippen molar-refractivity contribution in [2.24, 2.45) is 5.73 Å². The summed E-state index contributed by atoms with van der Waals surface area (Å²) < 4.78 is 49.9. The number of rotatable bonds is 6. The van der Waals surface area contributed by atoms with Crippen molar-refractivity contribution in [1.82, 2.24) is 4.72 Å². The molecule has 18 heavy (non-hydrogen) atoms. The van der Waals surface area contributed by atoms with Gasteiger partial charge in [-0.15, -0.1) is 0 Å². The molecule has 0 aliphatic carbocycles. The van der Waals surface area contributed by atoms with E-state index in [-0.39, 0.29) is 29.3 Å². The van der Waals surface area contributed by atoms with Gasteiger partial charge >= 0.3 is 0 Å². The van der Waals surface area contributed by atoms with Gasteiger partial charge in [0.1, 0.15) is 5.82 Å². The van der Waals surface area contributed by atoms with E-state index in [4.69, 9.17) is 5.73 Å². The maximum atomic E-state index is 13.2. The van der Waals surface area contributed by atoms with Crippen molar-refractivity contribution in [3.8, 4) is 0 Å². The van der Waals surface area contributed by atoms with Crippen LogP contribution in [0.25, 0.3) is 0 Å². The second-order valence-electron chi connectivity index (χ2n) is 3.63. The highest BCUT2D eigenvalue weighted by Crippen LogP contribution is 2.14. The van der Waals surface area contributed by atoms with E-state index in [1.165, 1.54) is 18.4 Å². The van der Waals surface area contributed by atoms with Crippen LogP contribution in [0.15, 0.2) is 23.1 Å². The second-order valence-corrected chi connectivity index (χ2v) is 6.95. The molecule has 0 radical (unpaired) electrons. The van der Waals surface area contributed by atoms with Gasteiger partial charge in [-0.1, -0.05) is 0 Å². The van der Waals surface area contributed by atoms with Crippen molar-refractivity contribution in [2.75, 3.05) is 18.6 Å². The average molecular weight is 294 g/mol. The van der Waals surface area contributed by atoms with Crippen molar-refractivity contribution in [2.45, 2.75) is 11.4 Å². The lowest BCUT2D eigenvalue weighted by Crippen LogP contribution is -2.28. The largest absolute Gasteiger partial charge is 0.326 e. The van der Waals surface area contributed by atoms with E-state index < -0.39 is 26.6 Å². The molecule has 0 heterocycles. The highest BCUT2D eigenvalue weighted by atomic mass is 32.2. The van der Waals surface area contributed by atoms with Crippen molar-refractivity contribution in [3.05, 3.63) is 29.6 Å². The summed E-state index contributed by atoms with van der Waals surface area (Å²) in [5.74, 6) is -0.310. The molecular weight excluding hydrogens is 279 g/mol. The lowest BCUT2D eigenvalue weighted by atomic mass is 10.2. The third-order valence-electron chi connectivity index (χ3n) is 2.23. The van der Waals surface area contributed by atoms with Crippen molar-refractivity contribution in [1.29, 1.82) is 0 Å². The van der Waals surface area contributed by atoms with Crippen LogP contribution in [0, 0.1) is 5.82 Å². The average Bonchev–Trinajstić information content (AvgIpc) is 2.28. The number of nitrogens with one attached hydrogen (secondary N) is 1. The minimum atomic E-state index is -3.71. The Morgan fingerprint density at radius 1 is 1.44 bits per heavy atom. The number of benzene rings is 1. The molecule has 1 aromatic rings. The van der Waals surface area contributed by atoms with E-state index in [0.717, 1.165) is 6.07 Å². The quantitative estimate of drug-likeness (QED) is 0.769. The van der Waals surface area contributed by atoms with E-state index in [9.17, 15) is 17.0 Å². The first-order chi connectivity index (χ1) is 8.36. The van der Waals surface area contributed by atoms with Crippen LogP contribution in [-0.2, 0) is 27.4 Å². The summed E-state index contributed by atoms with van der Waals surface area (Å²) in [4.78, 5) is -0.0498. The Kier molecular flexibility index (Phi) is 5.39. The summed E-state index contributed by atoms with van der Waals surface area (Å²) >= 11 is 0. The molecule has 0 saturated heterocycles. The van der Waals surface area contributed by atoms with Crippen LogP contribution in [0.5, 0.6) is 0 Å². The highest BCUT2D eigenvalue weighted by Gasteiger charge is 2.15. The molecule has 5 nitrogen and oxygen atoms in total. The summed E-state index contributed by atoms with van der Waals surface area (Å²) in [5.41, 5.74) is 5.44. The van der Waals surface area contributed by atoms with Crippen molar-refractivity contribution >= 4 is 20.8 Å². The number of hydrogen-bond acceptors (Lipinski definition) is 4. The molecule has 0 aliphatic rings. The zero-order valence-electron chi connectivity index (χ0n) is 9.85. The van der Waals surface area contributed by atoms with Gasteiger partial charge in [-0.25, -0.2) is 17.5 Å². The number of sulfonamides is 1. The minimum Gasteiger partial charge on any atom is -0.326 e. The second kappa shape index (κ2) is 6.37. The third kappa shape index (κ3) is 4.13. The van der Waals surface area contributed by atoms with Crippen molar-refractivity contribution < 1.29 is 17.0 Å². The molecule has 0 fully saturated rings. The molecule has 0 aromatic heterocycles. The molecule has 1 atom stereocenters. The first kappa shape index (κ1) is 15.2. The van der Waals surface area contributed by atoms with Crippen LogP contribution in [0.1, 0.15) is 5.56 Å². The van der Waals surface area contributed by atoms with Gasteiger partial charge in [-0.05, 0) is 18.2 Å². The van der Waals surface area contributed by atoms with Gasteiger partial charge in [0.2, 0.25) is 10.0 Å². The van der Waals surface area contributed by atoms with E-state index in [0.29, 0.717) is 0 Å². The van der Waals surface area contributed by atoms with Crippen LogP contribution in [-0.4, -0.2) is 31.2 Å². The van der Waals surface area contributed by atoms with Gasteiger partial charge in [-0.3, -0.25) is 4.21 Å². The molecule has 8 heteroatoms. The Morgan fingerprint density at radius 3 is 2.67 bits per heavy atom. The van der Waals surface area contributed by atoms with Crippen LogP contribution in [0.2, 0.25) is 0 Å². The molecule has 0 saturated carbocycles. The summed E-state index contributed by atoms with van der Waals surface area (Å²) in [6.45, 7) is -0.00501. The van der Waals surface area contributed by atoms with E-state index in [1.807, 2.05) is 0 Å². The molecule has 1 aromatic carbocycles. The molecule has 0 aliphatic heterocycles. The first-order valence-corrected chi connectivity index (χ1v) is 8.36. The predicted molar refractivity (Wildman–Crippen MR) is 68.4 cm³/mol. The van der Waals surface area contributed by atoms with Crippen LogP contribution < -0.4 is 10.5 Å². The maximum Gasteiger partial charge on any atom is 0.240 e. The minimum absolute atomic E-state index is 0.0498. The van der Waals surface area contributed by atoms with Crippen molar-refractivity contribution in [3.63, 3.8) is 0 Å². The van der Waals surface area contributed by atoms with Gasteiger partial charge in [0.05, 0.1) is 4.90 Å². The van der Waals surface area contributed by atoms with Gasteiger partial charge in [0.15, 0.2) is 0 Å². The molecule has 0 spiro atoms. The fraction of sp³-hybridized carbons (Fsp3) is 0.400. The molecule has 0 bridgehead atoms. The van der Waals surface area contributed by atoms with Crippen LogP contribution in [0.4, 0.5) is 4.39 Å². The Hall–Kier alpha value is -0.830. The SMILES string of the molecule is CS(=O)CCNS(=O)(=O)c1ccc(F)c(CN)c1. The lowest BCUT2D eigenvalue weighted by molar-refractivity contribution is 0.581. The van der Waals surface area contributed by atoms with E-state index in [2.05, 4.69) is 4.72 Å². The first-order valence-electron chi connectivity index (χ1n) is 5.15. The maximum absolute atomic E-state index is 13.2. The summed E-state index contributed by atoms with van der Waals surface area (Å²) in [6, 6.07) is 3.43. The third-order valence-corrected chi connectivity index (χ3v) is 4.47. The monoisotopic (exact) mass is 294 g/mol. The van der Waals surface area contributed by atoms with Gasteiger partial charge in [0.25, 0.3) is 0 Å². The van der Waals surface area contributed by atoms with E-state index >= 15 is 0 Å². The Morgan fingerprint density at radius 2 is 2.11 bits per heavy atom. The highest BCUT2D eigenvalue weighted by molar-refractivity contribution is 7.89. The lowest BCUT2D eigenvalue weighted by Gasteiger charge is -2.07. The Balaban J connectivity index is 2.88. The summed E-state index contributed by atoms with van der Waals surface area (Å²) in [7, 11) is -4.79. The molecular formula is C10H15FN2O3S2. The molecule has 1 unspecified atom stereocenters. The van der Waals surface area contributed by atoms with Gasteiger partial charge in [-0.2, -0.15) is 0 Å². The predicted octanol–water partition coefficient (Wildman–Crippen LogP) is -0.0588. The fourth-order valence-corrected chi connectivity index (χ4v) is 2.88. The Bertz CT molecular complexity index is 546. The molecule has 1 rings (SSSR count). The van der Waals surface area contributed by atoms with Gasteiger partial charge < -0.3 is 5.73 Å². The van der Waals surface area contributed by atoms with Gasteiger partial charge in [0, 0.05) is 41.5 Å².